The van der Waals surface area contributed by atoms with Gasteiger partial charge in [0.1, 0.15) is 0 Å². The van der Waals surface area contributed by atoms with Crippen LogP contribution in [0.4, 0.5) is 0 Å². The normalized spacial score (nSPS) is 18.2. The molecule has 1 aliphatic rings. The van der Waals surface area contributed by atoms with Gasteiger partial charge in [-0.3, -0.25) is 9.59 Å². The average molecular weight is 337 g/mol. The van der Waals surface area contributed by atoms with Crippen molar-refractivity contribution in [2.45, 2.75) is 58.8 Å². The van der Waals surface area contributed by atoms with Crippen molar-refractivity contribution in [3.8, 4) is 0 Å². The van der Waals surface area contributed by atoms with Crippen LogP contribution >= 0.6 is 11.3 Å². The summed E-state index contributed by atoms with van der Waals surface area (Å²) in [5, 5.41) is 8.79. The van der Waals surface area contributed by atoms with Gasteiger partial charge in [-0.15, -0.1) is 11.3 Å². The molecule has 5 heteroatoms. The lowest BCUT2D eigenvalue weighted by Crippen LogP contribution is -2.40. The second-order valence-corrected chi connectivity index (χ2v) is 8.03. The second kappa shape index (κ2) is 8.48. The average Bonchev–Trinajstić information content (AvgIpc) is 2.83. The van der Waals surface area contributed by atoms with Gasteiger partial charge in [-0.25, -0.2) is 0 Å². The topological polar surface area (TPSA) is 57.6 Å². The van der Waals surface area contributed by atoms with Gasteiger partial charge < -0.3 is 10.0 Å². The third-order valence-electron chi connectivity index (χ3n) is 4.62. The lowest BCUT2D eigenvalue weighted by Gasteiger charge is -2.32. The van der Waals surface area contributed by atoms with Crippen LogP contribution in [0.15, 0.2) is 6.07 Å². The van der Waals surface area contributed by atoms with E-state index in [-0.39, 0.29) is 12.3 Å². The van der Waals surface area contributed by atoms with Crippen LogP contribution in [0.2, 0.25) is 0 Å². The molecular formula is C18H27NO3S. The fourth-order valence-electron chi connectivity index (χ4n) is 3.37. The molecule has 1 atom stereocenters. The Hall–Kier alpha value is -1.36. The van der Waals surface area contributed by atoms with Crippen molar-refractivity contribution in [1.82, 2.24) is 4.90 Å². The SMILES string of the molecule is Cc1cc(CCCC(=O)N2CCCC(CCC(=O)O)C2)c(C)s1. The minimum atomic E-state index is -0.741. The summed E-state index contributed by atoms with van der Waals surface area (Å²) in [6.45, 7) is 5.84. The van der Waals surface area contributed by atoms with Gasteiger partial charge in [0.15, 0.2) is 0 Å². The first-order valence-corrected chi connectivity index (χ1v) is 9.33. The van der Waals surface area contributed by atoms with Crippen LogP contribution in [0.1, 0.15) is 53.8 Å². The molecule has 0 bridgehead atoms. The third-order valence-corrected chi connectivity index (χ3v) is 5.63. The Balaban J connectivity index is 1.74. The number of hydrogen-bond donors (Lipinski definition) is 1. The van der Waals surface area contributed by atoms with Crippen LogP contribution in [0.25, 0.3) is 0 Å². The molecule has 1 fully saturated rings. The first-order valence-electron chi connectivity index (χ1n) is 8.51. The number of carbonyl (C=O) groups is 2. The van der Waals surface area contributed by atoms with Crippen molar-refractivity contribution >= 4 is 23.2 Å². The molecule has 23 heavy (non-hydrogen) atoms. The van der Waals surface area contributed by atoms with Crippen molar-refractivity contribution in [2.24, 2.45) is 5.92 Å². The molecule has 1 unspecified atom stereocenters. The number of hydrogen-bond acceptors (Lipinski definition) is 3. The number of thiophene rings is 1. The summed E-state index contributed by atoms with van der Waals surface area (Å²) in [4.78, 5) is 27.7. The highest BCUT2D eigenvalue weighted by Gasteiger charge is 2.23. The number of carboxylic acid groups (broad SMARTS) is 1. The van der Waals surface area contributed by atoms with Gasteiger partial charge in [0, 0.05) is 35.7 Å². The molecule has 1 aromatic rings. The Morgan fingerprint density at radius 1 is 1.35 bits per heavy atom. The predicted octanol–water partition coefficient (Wildman–Crippen LogP) is 3.79. The maximum absolute atomic E-state index is 12.4. The van der Waals surface area contributed by atoms with Crippen molar-refractivity contribution in [3.63, 3.8) is 0 Å². The Morgan fingerprint density at radius 3 is 2.78 bits per heavy atom. The number of aliphatic carboxylic acids is 1. The molecule has 0 aliphatic carbocycles. The predicted molar refractivity (Wildman–Crippen MR) is 92.9 cm³/mol. The number of rotatable bonds is 7. The zero-order chi connectivity index (χ0) is 16.8. The second-order valence-electron chi connectivity index (χ2n) is 6.57. The van der Waals surface area contributed by atoms with Gasteiger partial charge in [0.05, 0.1) is 0 Å². The molecule has 1 aliphatic heterocycles. The summed E-state index contributed by atoms with van der Waals surface area (Å²) in [6.07, 6.45) is 5.41. The highest BCUT2D eigenvalue weighted by molar-refractivity contribution is 7.12. The Morgan fingerprint density at radius 2 is 2.13 bits per heavy atom. The van der Waals surface area contributed by atoms with E-state index in [1.165, 1.54) is 15.3 Å². The van der Waals surface area contributed by atoms with Gasteiger partial charge in [-0.05, 0) is 63.5 Å². The monoisotopic (exact) mass is 337 g/mol. The molecule has 0 radical (unpaired) electrons. The van der Waals surface area contributed by atoms with Crippen molar-refractivity contribution < 1.29 is 14.7 Å². The van der Waals surface area contributed by atoms with E-state index >= 15 is 0 Å². The molecule has 2 rings (SSSR count). The highest BCUT2D eigenvalue weighted by atomic mass is 32.1. The zero-order valence-corrected chi connectivity index (χ0v) is 15.0. The van der Waals surface area contributed by atoms with Crippen LogP contribution < -0.4 is 0 Å². The molecule has 4 nitrogen and oxygen atoms in total. The van der Waals surface area contributed by atoms with E-state index in [4.69, 9.17) is 5.11 Å². The van der Waals surface area contributed by atoms with Gasteiger partial charge in [-0.1, -0.05) is 0 Å². The first kappa shape index (κ1) is 18.0. The van der Waals surface area contributed by atoms with Gasteiger partial charge in [0.25, 0.3) is 0 Å². The van der Waals surface area contributed by atoms with E-state index in [1.54, 1.807) is 0 Å². The molecular weight excluding hydrogens is 310 g/mol. The van der Waals surface area contributed by atoms with Gasteiger partial charge >= 0.3 is 5.97 Å². The molecule has 2 heterocycles. The summed E-state index contributed by atoms with van der Waals surface area (Å²) in [5.41, 5.74) is 1.37. The summed E-state index contributed by atoms with van der Waals surface area (Å²) in [5.74, 6) is -0.157. The highest BCUT2D eigenvalue weighted by Crippen LogP contribution is 2.24. The largest absolute Gasteiger partial charge is 0.481 e. The van der Waals surface area contributed by atoms with Crippen LogP contribution in [0, 0.1) is 19.8 Å². The fraction of sp³-hybridized carbons (Fsp3) is 0.667. The minimum absolute atomic E-state index is 0.212. The third kappa shape index (κ3) is 5.65. The first-order chi connectivity index (χ1) is 11.0. The number of piperidine rings is 1. The van der Waals surface area contributed by atoms with Crippen LogP contribution in [-0.4, -0.2) is 35.0 Å². The van der Waals surface area contributed by atoms with Crippen molar-refractivity contribution in [3.05, 3.63) is 21.4 Å². The maximum atomic E-state index is 12.4. The van der Waals surface area contributed by atoms with Gasteiger partial charge in [0.2, 0.25) is 5.91 Å². The number of carboxylic acids is 1. The number of amides is 1. The van der Waals surface area contributed by atoms with Crippen LogP contribution in [0.5, 0.6) is 0 Å². The molecule has 0 aromatic carbocycles. The van der Waals surface area contributed by atoms with Gasteiger partial charge in [-0.2, -0.15) is 0 Å². The van der Waals surface area contributed by atoms with E-state index in [0.717, 1.165) is 38.8 Å². The number of nitrogens with zero attached hydrogens (tertiary/aromatic N) is 1. The molecule has 1 saturated heterocycles. The lowest BCUT2D eigenvalue weighted by atomic mass is 9.93. The van der Waals surface area contributed by atoms with E-state index in [1.807, 2.05) is 16.2 Å². The summed E-state index contributed by atoms with van der Waals surface area (Å²) >= 11 is 1.82. The summed E-state index contributed by atoms with van der Waals surface area (Å²) in [6, 6.07) is 2.23. The van der Waals surface area contributed by atoms with E-state index < -0.39 is 5.97 Å². The molecule has 128 valence electrons. The number of carbonyl (C=O) groups excluding carboxylic acids is 1. The molecule has 1 amide bonds. The van der Waals surface area contributed by atoms with Crippen molar-refractivity contribution in [2.75, 3.05) is 13.1 Å². The van der Waals surface area contributed by atoms with Crippen LogP contribution in [0.3, 0.4) is 0 Å². The Bertz CT molecular complexity index is 552. The standard InChI is InChI=1S/C18H27NO3S/c1-13-11-16(14(2)23-13)6-3-7-17(20)19-10-4-5-15(12-19)8-9-18(21)22/h11,15H,3-10,12H2,1-2H3,(H,21,22). The number of likely N-dealkylation sites (tertiary alicyclic amines) is 1. The Labute approximate surface area is 142 Å². The van der Waals surface area contributed by atoms with E-state index in [9.17, 15) is 9.59 Å². The lowest BCUT2D eigenvalue weighted by molar-refractivity contribution is -0.137. The van der Waals surface area contributed by atoms with E-state index in [2.05, 4.69) is 19.9 Å². The van der Waals surface area contributed by atoms with E-state index in [0.29, 0.717) is 18.8 Å². The zero-order valence-electron chi connectivity index (χ0n) is 14.1. The quantitative estimate of drug-likeness (QED) is 0.823. The summed E-state index contributed by atoms with van der Waals surface area (Å²) in [7, 11) is 0. The molecule has 0 saturated carbocycles. The molecule has 1 aromatic heterocycles. The Kier molecular flexibility index (Phi) is 6.63. The van der Waals surface area contributed by atoms with Crippen LogP contribution in [-0.2, 0) is 16.0 Å². The fourth-order valence-corrected chi connectivity index (χ4v) is 4.35. The smallest absolute Gasteiger partial charge is 0.303 e. The minimum Gasteiger partial charge on any atom is -0.481 e. The molecule has 1 N–H and O–H groups in total. The molecule has 0 spiro atoms. The number of aryl methyl sites for hydroxylation is 3. The van der Waals surface area contributed by atoms with Crippen molar-refractivity contribution in [1.29, 1.82) is 0 Å². The maximum Gasteiger partial charge on any atom is 0.303 e. The summed E-state index contributed by atoms with van der Waals surface area (Å²) < 4.78 is 0.